The number of nitrogens with zero attached hydrogens (tertiary/aromatic N) is 3. The highest BCUT2D eigenvalue weighted by Gasteiger charge is 2.39. The Labute approximate surface area is 181 Å². The monoisotopic (exact) mass is 418 g/mol. The molecule has 1 aromatic heterocycles. The van der Waals surface area contributed by atoms with Crippen LogP contribution in [-0.2, 0) is 17.6 Å². The van der Waals surface area contributed by atoms with Crippen LogP contribution in [0.1, 0.15) is 29.2 Å². The average Bonchev–Trinajstić information content (AvgIpc) is 3.46. The summed E-state index contributed by atoms with van der Waals surface area (Å²) in [6.45, 7) is 3.07. The van der Waals surface area contributed by atoms with Crippen LogP contribution < -0.4 is 15.5 Å². The molecular formula is C24H26N4O3. The predicted octanol–water partition coefficient (Wildman–Crippen LogP) is 2.89. The maximum atomic E-state index is 12.6. The van der Waals surface area contributed by atoms with Gasteiger partial charge in [0.15, 0.2) is 5.89 Å². The molecule has 7 heteroatoms. The van der Waals surface area contributed by atoms with Crippen LogP contribution in [0.2, 0.25) is 0 Å². The molecule has 1 saturated heterocycles. The lowest BCUT2D eigenvalue weighted by Crippen LogP contribution is -2.40. The molecule has 0 spiro atoms. The number of aryl methyl sites for hydroxylation is 1. The summed E-state index contributed by atoms with van der Waals surface area (Å²) in [5.41, 5.74) is 10.7. The zero-order chi connectivity index (χ0) is 21.5. The fourth-order valence-corrected chi connectivity index (χ4v) is 4.69. The predicted molar refractivity (Wildman–Crippen MR) is 119 cm³/mol. The van der Waals surface area contributed by atoms with Gasteiger partial charge < -0.3 is 25.1 Å². The van der Waals surface area contributed by atoms with Crippen LogP contribution in [0, 0.1) is 12.8 Å². The highest BCUT2D eigenvalue weighted by atomic mass is 16.4. The summed E-state index contributed by atoms with van der Waals surface area (Å²) in [5, 5.41) is 11.1. The molecule has 3 aromatic rings. The first-order valence-corrected chi connectivity index (χ1v) is 10.6. The molecule has 0 bridgehead atoms. The number of aliphatic hydroxyl groups is 1. The minimum atomic E-state index is -0.709. The van der Waals surface area contributed by atoms with Crippen LogP contribution in [0.4, 0.5) is 17.1 Å². The molecule has 2 unspecified atom stereocenters. The molecule has 0 aliphatic carbocycles. The summed E-state index contributed by atoms with van der Waals surface area (Å²) < 4.78 is 5.59. The molecule has 7 nitrogen and oxygen atoms in total. The van der Waals surface area contributed by atoms with Crippen LogP contribution >= 0.6 is 0 Å². The Bertz CT molecular complexity index is 1130. The molecule has 2 aliphatic heterocycles. The second-order valence-corrected chi connectivity index (χ2v) is 8.41. The van der Waals surface area contributed by atoms with Crippen LogP contribution in [0.3, 0.4) is 0 Å². The second-order valence-electron chi connectivity index (χ2n) is 8.41. The van der Waals surface area contributed by atoms with E-state index in [1.807, 2.05) is 24.0 Å². The maximum absolute atomic E-state index is 12.6. The van der Waals surface area contributed by atoms with Gasteiger partial charge in [-0.3, -0.25) is 4.79 Å². The standard InChI is InChI=1S/C24H26N4O3/c1-15-26-13-21(31-15)10-16-5-6-22-17(9-16)7-8-27(22)24(30)18-11-23(29)28(14-18)20-4-2-3-19(25)12-20/h2-6,9,12-13,18,24,30H,7-8,10-11,14,25H2,1H3. The number of hydrogen-bond donors (Lipinski definition) is 2. The molecule has 2 aliphatic rings. The number of oxazole rings is 1. The molecule has 2 aromatic carbocycles. The number of hydrogen-bond acceptors (Lipinski definition) is 6. The van der Waals surface area contributed by atoms with Gasteiger partial charge in [0.1, 0.15) is 12.0 Å². The molecule has 3 heterocycles. The SMILES string of the molecule is Cc1ncc(Cc2ccc3c(c2)CCN3C(O)C2CC(=O)N(c3cccc(N)c3)C2)o1. The molecule has 31 heavy (non-hydrogen) atoms. The normalized spacial score (nSPS) is 19.2. The third kappa shape index (κ3) is 3.77. The van der Waals surface area contributed by atoms with Gasteiger partial charge in [0.25, 0.3) is 0 Å². The quantitative estimate of drug-likeness (QED) is 0.619. The van der Waals surface area contributed by atoms with E-state index in [0.717, 1.165) is 35.7 Å². The lowest BCUT2D eigenvalue weighted by Gasteiger charge is -2.30. The Morgan fingerprint density at radius 3 is 2.94 bits per heavy atom. The molecule has 3 N–H and O–H groups in total. The first kappa shape index (κ1) is 19.6. The average molecular weight is 418 g/mol. The molecule has 1 amide bonds. The zero-order valence-corrected chi connectivity index (χ0v) is 17.5. The van der Waals surface area contributed by atoms with Gasteiger partial charge in [0.05, 0.1) is 6.20 Å². The lowest BCUT2D eigenvalue weighted by atomic mass is 10.0. The van der Waals surface area contributed by atoms with E-state index in [1.54, 1.807) is 23.2 Å². The van der Waals surface area contributed by atoms with Crippen molar-refractivity contribution in [1.82, 2.24) is 4.98 Å². The number of nitrogens with two attached hydrogens (primary N) is 1. The van der Waals surface area contributed by atoms with Crippen molar-refractivity contribution in [3.05, 3.63) is 71.4 Å². The molecule has 160 valence electrons. The maximum Gasteiger partial charge on any atom is 0.227 e. The molecule has 2 atom stereocenters. The largest absolute Gasteiger partial charge is 0.446 e. The van der Waals surface area contributed by atoms with Gasteiger partial charge in [0.2, 0.25) is 5.91 Å². The summed E-state index contributed by atoms with van der Waals surface area (Å²) in [5.74, 6) is 1.38. The van der Waals surface area contributed by atoms with Crippen molar-refractivity contribution in [2.45, 2.75) is 32.4 Å². The Balaban J connectivity index is 1.30. The third-order valence-corrected chi connectivity index (χ3v) is 6.20. The number of aliphatic hydroxyl groups excluding tert-OH is 1. The Morgan fingerprint density at radius 2 is 2.16 bits per heavy atom. The van der Waals surface area contributed by atoms with Crippen LogP contribution in [0.15, 0.2) is 53.1 Å². The number of nitrogen functional groups attached to an aromatic ring is 1. The van der Waals surface area contributed by atoms with E-state index in [0.29, 0.717) is 31.0 Å². The van der Waals surface area contributed by atoms with Crippen molar-refractivity contribution in [1.29, 1.82) is 0 Å². The fourth-order valence-electron chi connectivity index (χ4n) is 4.69. The first-order valence-electron chi connectivity index (χ1n) is 10.6. The van der Waals surface area contributed by atoms with Crippen molar-refractivity contribution >= 4 is 23.0 Å². The fraction of sp³-hybridized carbons (Fsp3) is 0.333. The summed E-state index contributed by atoms with van der Waals surface area (Å²) in [7, 11) is 0. The van der Waals surface area contributed by atoms with E-state index in [2.05, 4.69) is 23.2 Å². The number of fused-ring (bicyclic) bond motifs is 1. The number of carbonyl (C=O) groups excluding carboxylic acids is 1. The number of rotatable bonds is 5. The van der Waals surface area contributed by atoms with Gasteiger partial charge in [-0.15, -0.1) is 0 Å². The van der Waals surface area contributed by atoms with E-state index >= 15 is 0 Å². The molecule has 5 rings (SSSR count). The van der Waals surface area contributed by atoms with Gasteiger partial charge in [-0.25, -0.2) is 4.98 Å². The highest BCUT2D eigenvalue weighted by Crippen LogP contribution is 2.35. The van der Waals surface area contributed by atoms with E-state index in [9.17, 15) is 9.90 Å². The summed E-state index contributed by atoms with van der Waals surface area (Å²) in [4.78, 5) is 20.5. The molecule has 0 radical (unpaired) electrons. The molecular weight excluding hydrogens is 392 g/mol. The van der Waals surface area contributed by atoms with Crippen LogP contribution in [0.5, 0.6) is 0 Å². The third-order valence-electron chi connectivity index (χ3n) is 6.20. The first-order chi connectivity index (χ1) is 15.0. The number of anilines is 3. The highest BCUT2D eigenvalue weighted by molar-refractivity contribution is 5.96. The zero-order valence-electron chi connectivity index (χ0n) is 17.5. The number of amides is 1. The Morgan fingerprint density at radius 1 is 1.29 bits per heavy atom. The summed E-state index contributed by atoms with van der Waals surface area (Å²) in [6, 6.07) is 13.6. The van der Waals surface area contributed by atoms with E-state index < -0.39 is 6.23 Å². The van der Waals surface area contributed by atoms with E-state index in [4.69, 9.17) is 10.2 Å². The lowest BCUT2D eigenvalue weighted by molar-refractivity contribution is -0.117. The van der Waals surface area contributed by atoms with Gasteiger partial charge in [-0.1, -0.05) is 18.2 Å². The van der Waals surface area contributed by atoms with Gasteiger partial charge >= 0.3 is 0 Å². The van der Waals surface area contributed by atoms with Crippen molar-refractivity contribution in [2.24, 2.45) is 5.92 Å². The summed E-state index contributed by atoms with van der Waals surface area (Å²) in [6.07, 6.45) is 2.95. The number of benzene rings is 2. The number of aromatic nitrogens is 1. The van der Waals surface area contributed by atoms with Crippen molar-refractivity contribution < 1.29 is 14.3 Å². The number of carbonyl (C=O) groups is 1. The van der Waals surface area contributed by atoms with E-state index in [1.165, 1.54) is 5.56 Å². The minimum Gasteiger partial charge on any atom is -0.446 e. The molecule has 0 saturated carbocycles. The van der Waals surface area contributed by atoms with Crippen molar-refractivity contribution in [2.75, 3.05) is 28.6 Å². The van der Waals surface area contributed by atoms with Gasteiger partial charge in [-0.05, 0) is 41.8 Å². The summed E-state index contributed by atoms with van der Waals surface area (Å²) >= 11 is 0. The van der Waals surface area contributed by atoms with Crippen LogP contribution in [0.25, 0.3) is 0 Å². The smallest absolute Gasteiger partial charge is 0.227 e. The topological polar surface area (TPSA) is 95.8 Å². The minimum absolute atomic E-state index is 0.0202. The van der Waals surface area contributed by atoms with Gasteiger partial charge in [0, 0.05) is 55.8 Å². The van der Waals surface area contributed by atoms with E-state index in [-0.39, 0.29) is 11.8 Å². The Hall–Kier alpha value is -3.32. The van der Waals surface area contributed by atoms with Crippen molar-refractivity contribution in [3.8, 4) is 0 Å². The molecule has 1 fully saturated rings. The Kier molecular flexibility index (Phi) is 4.90. The second kappa shape index (κ2) is 7.74. The van der Waals surface area contributed by atoms with Gasteiger partial charge in [-0.2, -0.15) is 0 Å². The van der Waals surface area contributed by atoms with Crippen LogP contribution in [-0.4, -0.2) is 35.3 Å². The van der Waals surface area contributed by atoms with Crippen molar-refractivity contribution in [3.63, 3.8) is 0 Å².